The van der Waals surface area contributed by atoms with Gasteiger partial charge < -0.3 is 10.2 Å². The van der Waals surface area contributed by atoms with Gasteiger partial charge in [0.05, 0.1) is 17.1 Å². The standard InChI is InChI=1S/C32H42O3S/c1-21(7-5-10-29(35)31-19-24-8-3-4-11-30(24)36-31)27-14-15-28-23(9-6-16-32(27,28)2)13-12-22-17-25(33)20-26(34)18-22/h3-4,8,11-13,19,21,25-28,33-34H,5-7,9-10,14-18,20H2,1-2H3/b22-12?,23-13-/t21?,25-,26+,27-,28?,32-/m1/s1. The van der Waals surface area contributed by atoms with Gasteiger partial charge >= 0.3 is 0 Å². The number of hydrogen-bond acceptors (Lipinski definition) is 4. The largest absolute Gasteiger partial charge is 0.393 e. The quantitative estimate of drug-likeness (QED) is 0.376. The van der Waals surface area contributed by atoms with Crippen LogP contribution in [0.1, 0.15) is 94.1 Å². The van der Waals surface area contributed by atoms with E-state index >= 15 is 0 Å². The Hall–Kier alpha value is -1.75. The number of hydrogen-bond donors (Lipinski definition) is 2. The number of carbonyl (C=O) groups excluding carboxylic acids is 1. The van der Waals surface area contributed by atoms with Gasteiger partial charge in [0, 0.05) is 11.1 Å². The van der Waals surface area contributed by atoms with Gasteiger partial charge in [0.15, 0.2) is 5.78 Å². The van der Waals surface area contributed by atoms with Crippen LogP contribution < -0.4 is 0 Å². The fourth-order valence-electron chi connectivity index (χ4n) is 7.77. The third kappa shape index (κ3) is 5.42. The lowest BCUT2D eigenvalue weighted by molar-refractivity contribution is 0.0609. The van der Waals surface area contributed by atoms with Crippen molar-refractivity contribution in [1.29, 1.82) is 0 Å². The van der Waals surface area contributed by atoms with Crippen molar-refractivity contribution in [3.05, 3.63) is 58.5 Å². The Morgan fingerprint density at radius 1 is 1.17 bits per heavy atom. The summed E-state index contributed by atoms with van der Waals surface area (Å²) >= 11 is 1.63. The number of fused-ring (bicyclic) bond motifs is 2. The highest BCUT2D eigenvalue weighted by Crippen LogP contribution is 2.60. The smallest absolute Gasteiger partial charge is 0.172 e. The molecule has 2 aromatic rings. The number of allylic oxidation sites excluding steroid dienone is 3. The topological polar surface area (TPSA) is 57.5 Å². The van der Waals surface area contributed by atoms with E-state index in [9.17, 15) is 15.0 Å². The molecule has 1 heterocycles. The monoisotopic (exact) mass is 506 g/mol. The van der Waals surface area contributed by atoms with Gasteiger partial charge in [-0.15, -0.1) is 11.3 Å². The summed E-state index contributed by atoms with van der Waals surface area (Å²) < 4.78 is 1.20. The molecule has 5 rings (SSSR count). The Morgan fingerprint density at radius 2 is 1.94 bits per heavy atom. The van der Waals surface area contributed by atoms with Crippen LogP contribution in [0.15, 0.2) is 53.6 Å². The molecule has 2 N–H and O–H groups in total. The van der Waals surface area contributed by atoms with E-state index in [-0.39, 0.29) is 0 Å². The fourth-order valence-corrected chi connectivity index (χ4v) is 8.80. The molecule has 3 saturated carbocycles. The second kappa shape index (κ2) is 10.9. The fraction of sp³-hybridized carbons (Fsp3) is 0.594. The lowest BCUT2D eigenvalue weighted by Gasteiger charge is -2.44. The summed E-state index contributed by atoms with van der Waals surface area (Å²) in [6.07, 6.45) is 14.7. The minimum atomic E-state index is -0.405. The molecule has 3 nitrogen and oxygen atoms in total. The molecule has 3 aliphatic rings. The number of aliphatic hydroxyl groups excluding tert-OH is 2. The Bertz CT molecular complexity index is 1100. The van der Waals surface area contributed by atoms with Gasteiger partial charge in [-0.3, -0.25) is 4.79 Å². The van der Waals surface area contributed by atoms with Crippen molar-refractivity contribution in [3.63, 3.8) is 0 Å². The zero-order valence-electron chi connectivity index (χ0n) is 21.9. The van der Waals surface area contributed by atoms with Crippen LogP contribution in [0.25, 0.3) is 10.1 Å². The second-order valence-electron chi connectivity index (χ2n) is 12.1. The lowest BCUT2D eigenvalue weighted by Crippen LogP contribution is -2.36. The molecule has 194 valence electrons. The maximum atomic E-state index is 12.9. The summed E-state index contributed by atoms with van der Waals surface area (Å²) in [4.78, 5) is 13.8. The van der Waals surface area contributed by atoms with Gasteiger partial charge in [0.2, 0.25) is 0 Å². The molecular weight excluding hydrogens is 464 g/mol. The first-order valence-corrected chi connectivity index (χ1v) is 14.9. The molecular formula is C32H42O3S. The molecule has 0 amide bonds. The number of Topliss-reactive ketones (excluding diaryl/α,β-unsaturated/α-hetero) is 1. The SMILES string of the molecule is CC(CCCC(=O)c1cc2ccccc2s1)[C@H]1CCC2/C(=C\C=C3C[C@@H](O)C[C@@H](O)C3)CCC[C@@]21C. The molecule has 2 unspecified atom stereocenters. The van der Waals surface area contributed by atoms with E-state index in [0.717, 1.165) is 23.6 Å². The van der Waals surface area contributed by atoms with Crippen molar-refractivity contribution in [2.24, 2.45) is 23.2 Å². The number of carbonyl (C=O) groups is 1. The molecule has 3 fully saturated rings. The van der Waals surface area contributed by atoms with Crippen molar-refractivity contribution in [2.45, 2.75) is 96.7 Å². The summed E-state index contributed by atoms with van der Waals surface area (Å²) in [6.45, 7) is 4.95. The molecule has 0 radical (unpaired) electrons. The first kappa shape index (κ1) is 25.9. The predicted octanol–water partition coefficient (Wildman–Crippen LogP) is 7.87. The van der Waals surface area contributed by atoms with Crippen LogP contribution in [0.2, 0.25) is 0 Å². The molecule has 3 aliphatic carbocycles. The van der Waals surface area contributed by atoms with Crippen molar-refractivity contribution < 1.29 is 15.0 Å². The summed E-state index contributed by atoms with van der Waals surface area (Å²) in [5, 5.41) is 21.2. The first-order valence-electron chi connectivity index (χ1n) is 14.1. The number of ketones is 1. The van der Waals surface area contributed by atoms with Crippen LogP contribution in [0, 0.1) is 23.2 Å². The number of aliphatic hydroxyl groups is 2. The van der Waals surface area contributed by atoms with E-state index < -0.39 is 12.2 Å². The van der Waals surface area contributed by atoms with Crippen LogP contribution in [0.5, 0.6) is 0 Å². The van der Waals surface area contributed by atoms with Gasteiger partial charge in [-0.05, 0) is 105 Å². The molecule has 6 atom stereocenters. The minimum absolute atomic E-state index is 0.299. The maximum Gasteiger partial charge on any atom is 0.172 e. The van der Waals surface area contributed by atoms with Crippen LogP contribution >= 0.6 is 11.3 Å². The summed E-state index contributed by atoms with van der Waals surface area (Å²) in [5.41, 5.74) is 3.12. The predicted molar refractivity (Wildman–Crippen MR) is 149 cm³/mol. The second-order valence-corrected chi connectivity index (χ2v) is 13.1. The minimum Gasteiger partial charge on any atom is -0.393 e. The van der Waals surface area contributed by atoms with Crippen LogP contribution in [0.4, 0.5) is 0 Å². The maximum absolute atomic E-state index is 12.9. The van der Waals surface area contributed by atoms with Crippen molar-refractivity contribution in [1.82, 2.24) is 0 Å². The van der Waals surface area contributed by atoms with Gasteiger partial charge in [0.1, 0.15) is 0 Å². The van der Waals surface area contributed by atoms with Crippen molar-refractivity contribution in [3.8, 4) is 0 Å². The number of benzene rings is 1. The van der Waals surface area contributed by atoms with Crippen LogP contribution in [0.3, 0.4) is 0 Å². The average Bonchev–Trinajstić information content (AvgIpc) is 3.43. The average molecular weight is 507 g/mol. The zero-order chi connectivity index (χ0) is 25.3. The van der Waals surface area contributed by atoms with E-state index in [1.807, 2.05) is 12.1 Å². The van der Waals surface area contributed by atoms with Gasteiger partial charge in [-0.2, -0.15) is 0 Å². The lowest BCUT2D eigenvalue weighted by atomic mass is 9.60. The molecule has 1 aromatic heterocycles. The summed E-state index contributed by atoms with van der Waals surface area (Å²) in [5.74, 6) is 2.30. The summed E-state index contributed by atoms with van der Waals surface area (Å²) in [7, 11) is 0. The highest BCUT2D eigenvalue weighted by Gasteiger charge is 2.50. The van der Waals surface area contributed by atoms with E-state index in [2.05, 4.69) is 44.2 Å². The summed E-state index contributed by atoms with van der Waals surface area (Å²) in [6, 6.07) is 10.3. The highest BCUT2D eigenvalue weighted by atomic mass is 32.1. The van der Waals surface area contributed by atoms with E-state index in [0.29, 0.717) is 48.7 Å². The van der Waals surface area contributed by atoms with Crippen molar-refractivity contribution in [2.75, 3.05) is 0 Å². The Morgan fingerprint density at radius 3 is 2.72 bits per heavy atom. The molecule has 0 aliphatic heterocycles. The van der Waals surface area contributed by atoms with Gasteiger partial charge in [0.25, 0.3) is 0 Å². The molecule has 0 spiro atoms. The third-order valence-electron chi connectivity index (χ3n) is 9.56. The van der Waals surface area contributed by atoms with Crippen LogP contribution in [-0.2, 0) is 0 Å². The molecule has 0 saturated heterocycles. The third-order valence-corrected chi connectivity index (χ3v) is 10.7. The number of rotatable bonds is 7. The number of thiophene rings is 1. The van der Waals surface area contributed by atoms with Crippen LogP contribution in [-0.4, -0.2) is 28.2 Å². The normalized spacial score (nSPS) is 33.8. The zero-order valence-corrected chi connectivity index (χ0v) is 22.7. The molecule has 0 bridgehead atoms. The van der Waals surface area contributed by atoms with Crippen molar-refractivity contribution >= 4 is 27.2 Å². The Balaban J connectivity index is 1.19. The van der Waals surface area contributed by atoms with Gasteiger partial charge in [-0.1, -0.05) is 55.3 Å². The van der Waals surface area contributed by atoms with E-state index in [1.54, 1.807) is 16.9 Å². The molecule has 1 aromatic carbocycles. The first-order chi connectivity index (χ1) is 17.3. The Labute approximate surface area is 220 Å². The molecule has 4 heteroatoms. The molecule has 36 heavy (non-hydrogen) atoms. The van der Waals surface area contributed by atoms with Gasteiger partial charge in [-0.25, -0.2) is 0 Å². The highest BCUT2D eigenvalue weighted by molar-refractivity contribution is 7.20. The van der Waals surface area contributed by atoms with E-state index in [4.69, 9.17) is 0 Å². The van der Waals surface area contributed by atoms with E-state index in [1.165, 1.54) is 47.8 Å². The Kier molecular flexibility index (Phi) is 7.86.